The number of carbonyl (C=O) groups excluding carboxylic acids is 1. The van der Waals surface area contributed by atoms with E-state index in [0.29, 0.717) is 17.3 Å². The predicted molar refractivity (Wildman–Crippen MR) is 100 cm³/mol. The summed E-state index contributed by atoms with van der Waals surface area (Å²) in [5.41, 5.74) is 0.213. The fourth-order valence-corrected chi connectivity index (χ4v) is 3.69. The summed E-state index contributed by atoms with van der Waals surface area (Å²) < 4.78 is 0. The van der Waals surface area contributed by atoms with Crippen LogP contribution in [0.25, 0.3) is 10.8 Å². The van der Waals surface area contributed by atoms with Crippen LogP contribution in [0.3, 0.4) is 0 Å². The predicted octanol–water partition coefficient (Wildman–Crippen LogP) is 0.681. The summed E-state index contributed by atoms with van der Waals surface area (Å²) in [6.07, 6.45) is 2.30. The monoisotopic (exact) mass is 355 g/mol. The van der Waals surface area contributed by atoms with Gasteiger partial charge in [-0.2, -0.15) is 5.10 Å². The largest absolute Gasteiger partial charge is 0.350 e. The summed E-state index contributed by atoms with van der Waals surface area (Å²) in [5, 5.41) is 10.6. The van der Waals surface area contributed by atoms with Crippen molar-refractivity contribution in [3.63, 3.8) is 0 Å². The van der Waals surface area contributed by atoms with Gasteiger partial charge in [0.2, 0.25) is 0 Å². The smallest absolute Gasteiger partial charge is 0.272 e. The zero-order valence-electron chi connectivity index (χ0n) is 15.1. The average molecular weight is 355 g/mol. The van der Waals surface area contributed by atoms with Crippen molar-refractivity contribution in [2.45, 2.75) is 12.8 Å². The van der Waals surface area contributed by atoms with Gasteiger partial charge in [0.25, 0.3) is 11.5 Å². The van der Waals surface area contributed by atoms with Crippen molar-refractivity contribution in [2.75, 3.05) is 46.3 Å². The van der Waals surface area contributed by atoms with Crippen LogP contribution in [0.4, 0.5) is 0 Å². The Hall–Kier alpha value is -2.25. The van der Waals surface area contributed by atoms with Gasteiger partial charge in [-0.15, -0.1) is 0 Å². The number of amides is 1. The number of fused-ring (bicyclic) bond motifs is 1. The zero-order chi connectivity index (χ0) is 18.1. The zero-order valence-corrected chi connectivity index (χ0v) is 15.1. The van der Waals surface area contributed by atoms with Gasteiger partial charge in [-0.05, 0) is 26.0 Å². The van der Waals surface area contributed by atoms with Gasteiger partial charge in [0.1, 0.15) is 0 Å². The van der Waals surface area contributed by atoms with E-state index in [9.17, 15) is 9.59 Å². The maximum atomic E-state index is 12.7. The Bertz CT molecular complexity index is 866. The number of hydrogen-bond donors (Lipinski definition) is 2. The molecule has 2 fully saturated rings. The molecule has 1 saturated heterocycles. The van der Waals surface area contributed by atoms with Gasteiger partial charge in [-0.25, -0.2) is 5.10 Å². The molecule has 2 heterocycles. The highest BCUT2D eigenvalue weighted by molar-refractivity contribution is 6.04. The lowest BCUT2D eigenvalue weighted by atomic mass is 10.1. The van der Waals surface area contributed by atoms with E-state index in [1.807, 2.05) is 6.07 Å². The van der Waals surface area contributed by atoms with Gasteiger partial charge in [0.05, 0.1) is 5.39 Å². The number of aromatic amines is 1. The number of likely N-dealkylation sites (N-methyl/N-ethyl adjacent to an activating group) is 1. The maximum absolute atomic E-state index is 12.7. The van der Waals surface area contributed by atoms with Gasteiger partial charge in [-0.1, -0.05) is 18.2 Å². The summed E-state index contributed by atoms with van der Waals surface area (Å²) >= 11 is 0. The molecule has 7 heteroatoms. The van der Waals surface area contributed by atoms with Crippen LogP contribution in [0.5, 0.6) is 0 Å². The quantitative estimate of drug-likeness (QED) is 0.824. The molecule has 1 saturated carbocycles. The van der Waals surface area contributed by atoms with Crippen molar-refractivity contribution in [1.29, 1.82) is 0 Å². The molecule has 0 radical (unpaired) electrons. The summed E-state index contributed by atoms with van der Waals surface area (Å²) in [4.78, 5) is 29.4. The highest BCUT2D eigenvalue weighted by atomic mass is 16.2. The fourth-order valence-electron chi connectivity index (χ4n) is 3.69. The van der Waals surface area contributed by atoms with Gasteiger partial charge in [0.15, 0.2) is 5.69 Å². The molecule has 1 aliphatic heterocycles. The molecule has 1 aromatic carbocycles. The number of piperazine rings is 1. The van der Waals surface area contributed by atoms with Crippen molar-refractivity contribution in [1.82, 2.24) is 25.3 Å². The average Bonchev–Trinajstić information content (AvgIpc) is 3.42. The lowest BCUT2D eigenvalue weighted by Gasteiger charge is -2.34. The normalized spacial score (nSPS) is 20.2. The minimum absolute atomic E-state index is 0.198. The molecule has 138 valence electrons. The number of carbonyl (C=O) groups is 1. The summed E-state index contributed by atoms with van der Waals surface area (Å²) in [5.74, 6) is -0.220. The molecule has 26 heavy (non-hydrogen) atoms. The molecule has 7 nitrogen and oxygen atoms in total. The van der Waals surface area contributed by atoms with Crippen LogP contribution in [-0.4, -0.2) is 72.2 Å². The first-order valence-corrected chi connectivity index (χ1v) is 9.23. The van der Waals surface area contributed by atoms with Crippen molar-refractivity contribution in [2.24, 2.45) is 5.41 Å². The molecular weight excluding hydrogens is 330 g/mol. The van der Waals surface area contributed by atoms with E-state index >= 15 is 0 Å². The third-order valence-corrected chi connectivity index (χ3v) is 5.65. The Kier molecular flexibility index (Phi) is 4.50. The second-order valence-electron chi connectivity index (χ2n) is 7.71. The number of aromatic nitrogens is 2. The number of benzene rings is 1. The van der Waals surface area contributed by atoms with Gasteiger partial charge in [-0.3, -0.25) is 9.59 Å². The van der Waals surface area contributed by atoms with E-state index in [4.69, 9.17) is 0 Å². The summed E-state index contributed by atoms with van der Waals surface area (Å²) in [7, 11) is 2.16. The van der Waals surface area contributed by atoms with E-state index in [2.05, 4.69) is 32.4 Å². The van der Waals surface area contributed by atoms with Gasteiger partial charge >= 0.3 is 0 Å². The lowest BCUT2D eigenvalue weighted by Crippen LogP contribution is -2.48. The fraction of sp³-hybridized carbons (Fsp3) is 0.526. The molecule has 1 aliphatic carbocycles. The Balaban J connectivity index is 1.41. The van der Waals surface area contributed by atoms with E-state index in [1.54, 1.807) is 18.2 Å². The third-order valence-electron chi connectivity index (χ3n) is 5.65. The van der Waals surface area contributed by atoms with E-state index in [1.165, 1.54) is 0 Å². The lowest BCUT2D eigenvalue weighted by molar-refractivity contribution is 0.0923. The molecule has 2 aromatic rings. The minimum Gasteiger partial charge on any atom is -0.350 e. The number of nitrogens with zero attached hydrogens (tertiary/aromatic N) is 3. The molecule has 2 N–H and O–H groups in total. The van der Waals surface area contributed by atoms with Crippen molar-refractivity contribution < 1.29 is 4.79 Å². The van der Waals surface area contributed by atoms with Crippen molar-refractivity contribution in [3.8, 4) is 0 Å². The SMILES string of the molecule is CN1CCN(CC2(CNC(=O)c3n[nH]c(=O)c4ccccc34)CC2)CC1. The van der Waals surface area contributed by atoms with Crippen LogP contribution in [-0.2, 0) is 0 Å². The first kappa shape index (κ1) is 17.2. The molecule has 0 unspecified atom stereocenters. The minimum atomic E-state index is -0.272. The van der Waals surface area contributed by atoms with Gasteiger partial charge in [0, 0.05) is 50.1 Å². The maximum Gasteiger partial charge on any atom is 0.272 e. The second kappa shape index (κ2) is 6.81. The topological polar surface area (TPSA) is 81.3 Å². The van der Waals surface area contributed by atoms with Crippen LogP contribution in [0.2, 0.25) is 0 Å². The first-order chi connectivity index (χ1) is 12.6. The Morgan fingerprint density at radius 1 is 1.19 bits per heavy atom. The summed E-state index contributed by atoms with van der Waals surface area (Å²) in [6.45, 7) is 6.11. The van der Waals surface area contributed by atoms with Crippen molar-refractivity contribution >= 4 is 16.7 Å². The molecule has 0 bridgehead atoms. The second-order valence-corrected chi connectivity index (χ2v) is 7.71. The summed E-state index contributed by atoms with van der Waals surface area (Å²) in [6, 6.07) is 7.08. The molecule has 0 spiro atoms. The molecule has 1 aromatic heterocycles. The van der Waals surface area contributed by atoms with E-state index in [0.717, 1.165) is 45.6 Å². The molecule has 4 rings (SSSR count). The molecule has 0 atom stereocenters. The molecule has 1 amide bonds. The van der Waals surface area contributed by atoms with E-state index in [-0.39, 0.29) is 22.6 Å². The van der Waals surface area contributed by atoms with Crippen LogP contribution < -0.4 is 10.9 Å². The number of rotatable bonds is 5. The number of H-pyrrole nitrogens is 1. The van der Waals surface area contributed by atoms with Crippen LogP contribution >= 0.6 is 0 Å². The van der Waals surface area contributed by atoms with E-state index < -0.39 is 0 Å². The molecule has 2 aliphatic rings. The van der Waals surface area contributed by atoms with Crippen LogP contribution in [0.15, 0.2) is 29.1 Å². The highest BCUT2D eigenvalue weighted by Gasteiger charge is 2.44. The van der Waals surface area contributed by atoms with Crippen LogP contribution in [0, 0.1) is 5.41 Å². The van der Waals surface area contributed by atoms with Crippen LogP contribution in [0.1, 0.15) is 23.3 Å². The number of nitrogens with one attached hydrogen (secondary N) is 2. The third kappa shape index (κ3) is 3.50. The Morgan fingerprint density at radius 3 is 2.58 bits per heavy atom. The molecular formula is C19H25N5O2. The van der Waals surface area contributed by atoms with Crippen molar-refractivity contribution in [3.05, 3.63) is 40.3 Å². The standard InChI is InChI=1S/C19H25N5O2/c1-23-8-10-24(11-9-23)13-19(6-7-19)12-20-18(26)16-14-4-2-3-5-15(14)17(25)22-21-16/h2-5H,6-13H2,1H3,(H,20,26)(H,22,25). The van der Waals surface area contributed by atoms with Gasteiger partial charge < -0.3 is 15.1 Å². The highest BCUT2D eigenvalue weighted by Crippen LogP contribution is 2.45. The Morgan fingerprint density at radius 2 is 1.88 bits per heavy atom. The number of hydrogen-bond acceptors (Lipinski definition) is 5. The Labute approximate surface area is 152 Å². The first-order valence-electron chi connectivity index (χ1n) is 9.23.